The molecule has 1 aromatic carbocycles. The molecule has 1 aliphatic rings. The zero-order valence-corrected chi connectivity index (χ0v) is 11.3. The molecule has 0 saturated heterocycles. The fraction of sp³-hybridized carbons (Fsp3) is 0.500. The number of nitrogens with zero attached hydrogens (tertiary/aromatic N) is 1. The van der Waals surface area contributed by atoms with E-state index in [1.807, 2.05) is 18.7 Å². The predicted molar refractivity (Wildman–Crippen MR) is 67.7 cm³/mol. The van der Waals surface area contributed by atoms with Gasteiger partial charge in [-0.3, -0.25) is 4.90 Å². The van der Waals surface area contributed by atoms with Gasteiger partial charge in [-0.2, -0.15) is 13.2 Å². The largest absolute Gasteiger partial charge is 0.478 e. The number of carbonyl (C=O) groups is 1. The monoisotopic (exact) mass is 287 g/mol. The van der Waals surface area contributed by atoms with E-state index in [4.69, 9.17) is 5.11 Å². The summed E-state index contributed by atoms with van der Waals surface area (Å²) in [5.74, 6) is -1.33. The first kappa shape index (κ1) is 14.8. The summed E-state index contributed by atoms with van der Waals surface area (Å²) in [4.78, 5) is 12.9. The molecule has 0 bridgehead atoms. The maximum Gasteiger partial charge on any atom is 0.416 e. The van der Waals surface area contributed by atoms with Crippen molar-refractivity contribution in [2.45, 2.75) is 39.0 Å². The van der Waals surface area contributed by atoms with Crippen molar-refractivity contribution >= 4 is 5.97 Å². The van der Waals surface area contributed by atoms with Crippen molar-refractivity contribution in [1.82, 2.24) is 4.90 Å². The third kappa shape index (κ3) is 2.80. The number of aromatic carboxylic acids is 1. The van der Waals surface area contributed by atoms with Crippen LogP contribution in [-0.4, -0.2) is 28.6 Å². The SMILES string of the molecule is CC(C)N1CCc2cc(C(=O)O)cc(C(F)(F)F)c2C1. The molecule has 0 spiro atoms. The number of fused-ring (bicyclic) bond motifs is 1. The molecule has 1 aliphatic heterocycles. The molecule has 6 heteroatoms. The average Bonchev–Trinajstić information content (AvgIpc) is 2.35. The van der Waals surface area contributed by atoms with E-state index in [9.17, 15) is 18.0 Å². The Labute approximate surface area is 115 Å². The summed E-state index contributed by atoms with van der Waals surface area (Å²) in [6, 6.07) is 2.26. The molecule has 1 aromatic rings. The minimum Gasteiger partial charge on any atom is -0.478 e. The molecule has 1 N–H and O–H groups in total. The molecule has 0 fully saturated rings. The van der Waals surface area contributed by atoms with Gasteiger partial charge in [-0.15, -0.1) is 0 Å². The molecule has 3 nitrogen and oxygen atoms in total. The van der Waals surface area contributed by atoms with E-state index in [0.29, 0.717) is 18.5 Å². The Morgan fingerprint density at radius 2 is 2.00 bits per heavy atom. The standard InChI is InChI=1S/C14H16F3NO2/c1-8(2)18-4-3-9-5-10(13(19)20)6-12(11(9)7-18)14(15,16)17/h5-6,8H,3-4,7H2,1-2H3,(H,19,20). The molecular weight excluding hydrogens is 271 g/mol. The normalized spacial score (nSPS) is 16.3. The summed E-state index contributed by atoms with van der Waals surface area (Å²) in [6.07, 6.45) is -4.09. The zero-order valence-electron chi connectivity index (χ0n) is 11.3. The van der Waals surface area contributed by atoms with Crippen LogP contribution in [0.3, 0.4) is 0 Å². The maximum absolute atomic E-state index is 13.1. The van der Waals surface area contributed by atoms with Gasteiger partial charge in [0, 0.05) is 19.1 Å². The molecule has 0 saturated carbocycles. The maximum atomic E-state index is 13.1. The van der Waals surface area contributed by atoms with Crippen molar-refractivity contribution in [2.24, 2.45) is 0 Å². The lowest BCUT2D eigenvalue weighted by atomic mass is 9.91. The van der Waals surface area contributed by atoms with E-state index in [2.05, 4.69) is 0 Å². The van der Waals surface area contributed by atoms with Gasteiger partial charge in [0.25, 0.3) is 0 Å². The summed E-state index contributed by atoms with van der Waals surface area (Å²) in [7, 11) is 0. The number of alkyl halides is 3. The Morgan fingerprint density at radius 3 is 2.50 bits per heavy atom. The third-order valence-electron chi connectivity index (χ3n) is 3.65. The number of benzene rings is 1. The van der Waals surface area contributed by atoms with Crippen molar-refractivity contribution in [3.8, 4) is 0 Å². The fourth-order valence-corrected chi connectivity index (χ4v) is 2.51. The van der Waals surface area contributed by atoms with Crippen LogP contribution in [0.15, 0.2) is 12.1 Å². The van der Waals surface area contributed by atoms with Gasteiger partial charge in [-0.05, 0) is 43.5 Å². The van der Waals surface area contributed by atoms with Crippen LogP contribution in [0.4, 0.5) is 13.2 Å². The van der Waals surface area contributed by atoms with E-state index in [1.54, 1.807) is 0 Å². The van der Waals surface area contributed by atoms with Crippen LogP contribution in [0.2, 0.25) is 0 Å². The van der Waals surface area contributed by atoms with Gasteiger partial charge in [0.1, 0.15) is 0 Å². The van der Waals surface area contributed by atoms with Crippen LogP contribution >= 0.6 is 0 Å². The van der Waals surface area contributed by atoms with Gasteiger partial charge >= 0.3 is 12.1 Å². The topological polar surface area (TPSA) is 40.5 Å². The second-order valence-corrected chi connectivity index (χ2v) is 5.28. The summed E-state index contributed by atoms with van der Waals surface area (Å²) in [6.45, 7) is 4.72. The zero-order chi connectivity index (χ0) is 15.1. The second-order valence-electron chi connectivity index (χ2n) is 5.28. The molecule has 0 aliphatic carbocycles. The predicted octanol–water partition coefficient (Wildman–Crippen LogP) is 3.17. The van der Waals surface area contributed by atoms with Crippen molar-refractivity contribution in [3.63, 3.8) is 0 Å². The van der Waals surface area contributed by atoms with Crippen molar-refractivity contribution < 1.29 is 23.1 Å². The van der Waals surface area contributed by atoms with Crippen molar-refractivity contribution in [2.75, 3.05) is 6.54 Å². The molecule has 20 heavy (non-hydrogen) atoms. The lowest BCUT2D eigenvalue weighted by Crippen LogP contribution is -2.37. The van der Waals surface area contributed by atoms with Gasteiger partial charge < -0.3 is 5.11 Å². The second kappa shape index (κ2) is 5.09. The lowest BCUT2D eigenvalue weighted by Gasteiger charge is -2.33. The Morgan fingerprint density at radius 1 is 1.35 bits per heavy atom. The van der Waals surface area contributed by atoms with Gasteiger partial charge in [0.05, 0.1) is 11.1 Å². The van der Waals surface area contributed by atoms with Crippen molar-refractivity contribution in [1.29, 1.82) is 0 Å². The highest BCUT2D eigenvalue weighted by Crippen LogP contribution is 2.37. The van der Waals surface area contributed by atoms with Gasteiger partial charge in [0.15, 0.2) is 0 Å². The van der Waals surface area contributed by atoms with Crippen LogP contribution in [0, 0.1) is 0 Å². The Balaban J connectivity index is 2.54. The summed E-state index contributed by atoms with van der Waals surface area (Å²) >= 11 is 0. The van der Waals surface area contributed by atoms with Crippen LogP contribution in [0.1, 0.15) is 40.9 Å². The molecule has 0 atom stereocenters. The van der Waals surface area contributed by atoms with Crippen molar-refractivity contribution in [3.05, 3.63) is 34.4 Å². The van der Waals surface area contributed by atoms with Gasteiger partial charge in [-0.1, -0.05) is 0 Å². The van der Waals surface area contributed by atoms with Crippen LogP contribution in [-0.2, 0) is 19.1 Å². The molecule has 0 amide bonds. The molecule has 0 radical (unpaired) electrons. The molecule has 0 unspecified atom stereocenters. The van der Waals surface area contributed by atoms with Crippen LogP contribution in [0.25, 0.3) is 0 Å². The highest BCUT2D eigenvalue weighted by molar-refractivity contribution is 5.88. The number of rotatable bonds is 2. The number of halogens is 3. The van der Waals surface area contributed by atoms with Gasteiger partial charge in [0.2, 0.25) is 0 Å². The fourth-order valence-electron chi connectivity index (χ4n) is 2.51. The first-order chi connectivity index (χ1) is 9.20. The molecule has 1 heterocycles. The van der Waals surface area contributed by atoms with Crippen LogP contribution < -0.4 is 0 Å². The smallest absolute Gasteiger partial charge is 0.416 e. The molecule has 2 rings (SSSR count). The highest BCUT2D eigenvalue weighted by atomic mass is 19.4. The Kier molecular flexibility index (Phi) is 3.77. The average molecular weight is 287 g/mol. The first-order valence-electron chi connectivity index (χ1n) is 6.40. The van der Waals surface area contributed by atoms with Gasteiger partial charge in [-0.25, -0.2) is 4.79 Å². The number of hydrogen-bond acceptors (Lipinski definition) is 2. The van der Waals surface area contributed by atoms with E-state index in [-0.39, 0.29) is 23.7 Å². The van der Waals surface area contributed by atoms with E-state index < -0.39 is 17.7 Å². The first-order valence-corrected chi connectivity index (χ1v) is 6.40. The quantitative estimate of drug-likeness (QED) is 0.908. The number of hydrogen-bond donors (Lipinski definition) is 1. The van der Waals surface area contributed by atoms with Crippen LogP contribution in [0.5, 0.6) is 0 Å². The molecule has 0 aromatic heterocycles. The minimum atomic E-state index is -4.53. The van der Waals surface area contributed by atoms with E-state index in [1.165, 1.54) is 6.07 Å². The molecular formula is C14H16F3NO2. The summed E-state index contributed by atoms with van der Waals surface area (Å²) in [5, 5.41) is 8.94. The minimum absolute atomic E-state index is 0.156. The third-order valence-corrected chi connectivity index (χ3v) is 3.65. The van der Waals surface area contributed by atoms with E-state index >= 15 is 0 Å². The van der Waals surface area contributed by atoms with E-state index in [0.717, 1.165) is 6.07 Å². The Hall–Kier alpha value is -1.56. The number of carboxylic acid groups (broad SMARTS) is 1. The Bertz CT molecular complexity index is 538. The summed E-state index contributed by atoms with van der Waals surface area (Å²) < 4.78 is 39.4. The highest BCUT2D eigenvalue weighted by Gasteiger charge is 2.37. The summed E-state index contributed by atoms with van der Waals surface area (Å²) in [5.41, 5.74) is -0.414. The lowest BCUT2D eigenvalue weighted by molar-refractivity contribution is -0.138. The number of carboxylic acids is 1. The molecule has 110 valence electrons.